The van der Waals surface area contributed by atoms with Gasteiger partial charge in [-0.3, -0.25) is 4.90 Å². The van der Waals surface area contributed by atoms with Gasteiger partial charge in [0.25, 0.3) is 0 Å². The highest BCUT2D eigenvalue weighted by Crippen LogP contribution is 2.19. The summed E-state index contributed by atoms with van der Waals surface area (Å²) in [5.41, 5.74) is 10.7. The Morgan fingerprint density at radius 2 is 1.94 bits per heavy atom. The molecule has 0 bridgehead atoms. The van der Waals surface area contributed by atoms with Gasteiger partial charge >= 0.3 is 0 Å². The highest BCUT2D eigenvalue weighted by Gasteiger charge is 2.12. The quantitative estimate of drug-likeness (QED) is 0.771. The molecule has 1 heterocycles. The van der Waals surface area contributed by atoms with E-state index in [2.05, 4.69) is 24.8 Å². The maximum atomic E-state index is 5.89. The predicted molar refractivity (Wildman–Crippen MR) is 66.4 cm³/mol. The van der Waals surface area contributed by atoms with Gasteiger partial charge in [0, 0.05) is 25.3 Å². The van der Waals surface area contributed by atoms with Crippen molar-refractivity contribution in [1.29, 1.82) is 0 Å². The maximum absolute atomic E-state index is 5.89. The summed E-state index contributed by atoms with van der Waals surface area (Å²) in [6, 6.07) is 4.13. The van der Waals surface area contributed by atoms with Crippen LogP contribution in [0.5, 0.6) is 0 Å². The number of benzene rings is 1. The summed E-state index contributed by atoms with van der Waals surface area (Å²) >= 11 is 0. The molecule has 0 radical (unpaired) electrons. The standard InChI is InChI=1S/C13H20N2O/c1-10-7-13(14)8-12(11(10)2)9-15-3-5-16-6-4-15/h7-8H,3-6,9,14H2,1-2H3. The van der Waals surface area contributed by atoms with Crippen LogP contribution in [0.25, 0.3) is 0 Å². The highest BCUT2D eigenvalue weighted by atomic mass is 16.5. The van der Waals surface area contributed by atoms with Crippen LogP contribution >= 0.6 is 0 Å². The van der Waals surface area contributed by atoms with Crippen LogP contribution in [0, 0.1) is 13.8 Å². The molecular formula is C13H20N2O. The monoisotopic (exact) mass is 220 g/mol. The molecule has 1 aromatic carbocycles. The molecule has 2 N–H and O–H groups in total. The number of nitrogens with zero attached hydrogens (tertiary/aromatic N) is 1. The number of rotatable bonds is 2. The molecule has 88 valence electrons. The van der Waals surface area contributed by atoms with Crippen LogP contribution in [0.2, 0.25) is 0 Å². The first-order valence-electron chi connectivity index (χ1n) is 5.82. The molecule has 0 saturated carbocycles. The van der Waals surface area contributed by atoms with Crippen LogP contribution in [-0.2, 0) is 11.3 Å². The van der Waals surface area contributed by atoms with E-state index >= 15 is 0 Å². The molecule has 16 heavy (non-hydrogen) atoms. The summed E-state index contributed by atoms with van der Waals surface area (Å²) in [7, 11) is 0. The zero-order valence-electron chi connectivity index (χ0n) is 10.1. The lowest BCUT2D eigenvalue weighted by atomic mass is 10.0. The minimum atomic E-state index is 0.848. The van der Waals surface area contributed by atoms with Gasteiger partial charge in [0.05, 0.1) is 13.2 Å². The van der Waals surface area contributed by atoms with Gasteiger partial charge in [-0.25, -0.2) is 0 Å². The summed E-state index contributed by atoms with van der Waals surface area (Å²) in [5.74, 6) is 0. The zero-order valence-corrected chi connectivity index (χ0v) is 10.1. The molecule has 0 unspecified atom stereocenters. The Labute approximate surface area is 97.2 Å². The van der Waals surface area contributed by atoms with Gasteiger partial charge in [-0.05, 0) is 42.7 Å². The summed E-state index contributed by atoms with van der Waals surface area (Å²) in [5, 5.41) is 0. The van der Waals surface area contributed by atoms with E-state index in [4.69, 9.17) is 10.5 Å². The van der Waals surface area contributed by atoms with Crippen molar-refractivity contribution in [3.05, 3.63) is 28.8 Å². The molecule has 2 rings (SSSR count). The summed E-state index contributed by atoms with van der Waals surface area (Å²) in [4.78, 5) is 2.42. The first-order valence-corrected chi connectivity index (χ1v) is 5.82. The third-order valence-corrected chi connectivity index (χ3v) is 3.29. The number of anilines is 1. The molecule has 1 saturated heterocycles. The van der Waals surface area contributed by atoms with E-state index in [1.165, 1.54) is 16.7 Å². The van der Waals surface area contributed by atoms with Crippen LogP contribution < -0.4 is 5.73 Å². The zero-order chi connectivity index (χ0) is 11.5. The second-order valence-corrected chi connectivity index (χ2v) is 4.51. The van der Waals surface area contributed by atoms with E-state index in [9.17, 15) is 0 Å². The van der Waals surface area contributed by atoms with Crippen molar-refractivity contribution in [2.24, 2.45) is 0 Å². The number of nitrogens with two attached hydrogens (primary N) is 1. The van der Waals surface area contributed by atoms with Crippen LogP contribution in [0.1, 0.15) is 16.7 Å². The molecule has 1 fully saturated rings. The molecule has 1 aliphatic rings. The SMILES string of the molecule is Cc1cc(N)cc(CN2CCOCC2)c1C. The van der Waals surface area contributed by atoms with Crippen molar-refractivity contribution in [2.75, 3.05) is 32.0 Å². The fraction of sp³-hybridized carbons (Fsp3) is 0.538. The maximum Gasteiger partial charge on any atom is 0.0594 e. The van der Waals surface area contributed by atoms with Crippen molar-refractivity contribution in [3.63, 3.8) is 0 Å². The fourth-order valence-corrected chi connectivity index (χ4v) is 2.13. The normalized spacial score (nSPS) is 17.6. The molecule has 3 heteroatoms. The molecule has 0 atom stereocenters. The minimum absolute atomic E-state index is 0.848. The van der Waals surface area contributed by atoms with E-state index in [-0.39, 0.29) is 0 Å². The molecular weight excluding hydrogens is 200 g/mol. The second kappa shape index (κ2) is 4.85. The molecule has 0 aliphatic carbocycles. The molecule has 0 aromatic heterocycles. The third-order valence-electron chi connectivity index (χ3n) is 3.29. The van der Waals surface area contributed by atoms with Crippen molar-refractivity contribution >= 4 is 5.69 Å². The predicted octanol–water partition coefficient (Wildman–Crippen LogP) is 1.72. The fourth-order valence-electron chi connectivity index (χ4n) is 2.13. The van der Waals surface area contributed by atoms with Gasteiger partial charge in [0.2, 0.25) is 0 Å². The number of nitrogen functional groups attached to an aromatic ring is 1. The third kappa shape index (κ3) is 2.54. The lowest BCUT2D eigenvalue weighted by molar-refractivity contribution is 0.0341. The number of hydrogen-bond acceptors (Lipinski definition) is 3. The lowest BCUT2D eigenvalue weighted by Gasteiger charge is -2.27. The molecule has 1 aromatic rings. The van der Waals surface area contributed by atoms with Crippen LogP contribution in [0.3, 0.4) is 0 Å². The summed E-state index contributed by atoms with van der Waals surface area (Å²) in [6.07, 6.45) is 0. The first kappa shape index (κ1) is 11.4. The first-order chi connectivity index (χ1) is 7.66. The van der Waals surface area contributed by atoms with Gasteiger partial charge < -0.3 is 10.5 Å². The van der Waals surface area contributed by atoms with Gasteiger partial charge in [0.1, 0.15) is 0 Å². The van der Waals surface area contributed by atoms with E-state index in [0.29, 0.717) is 0 Å². The van der Waals surface area contributed by atoms with Crippen molar-refractivity contribution in [3.8, 4) is 0 Å². The number of ether oxygens (including phenoxy) is 1. The Balaban J connectivity index is 2.13. The van der Waals surface area contributed by atoms with Crippen LogP contribution in [0.15, 0.2) is 12.1 Å². The topological polar surface area (TPSA) is 38.5 Å². The van der Waals surface area contributed by atoms with Gasteiger partial charge in [-0.1, -0.05) is 0 Å². The molecule has 0 spiro atoms. The van der Waals surface area contributed by atoms with E-state index in [1.807, 2.05) is 6.07 Å². The number of hydrogen-bond donors (Lipinski definition) is 1. The summed E-state index contributed by atoms with van der Waals surface area (Å²) < 4.78 is 5.35. The van der Waals surface area contributed by atoms with Crippen molar-refractivity contribution in [2.45, 2.75) is 20.4 Å². The summed E-state index contributed by atoms with van der Waals surface area (Å²) in [6.45, 7) is 9.02. The smallest absolute Gasteiger partial charge is 0.0594 e. The van der Waals surface area contributed by atoms with E-state index in [1.54, 1.807) is 0 Å². The van der Waals surface area contributed by atoms with Gasteiger partial charge in [0.15, 0.2) is 0 Å². The van der Waals surface area contributed by atoms with Gasteiger partial charge in [-0.15, -0.1) is 0 Å². The Morgan fingerprint density at radius 3 is 2.62 bits per heavy atom. The minimum Gasteiger partial charge on any atom is -0.399 e. The number of morpholine rings is 1. The Kier molecular flexibility index (Phi) is 3.46. The van der Waals surface area contributed by atoms with E-state index < -0.39 is 0 Å². The Bertz CT molecular complexity index is 370. The average molecular weight is 220 g/mol. The van der Waals surface area contributed by atoms with E-state index in [0.717, 1.165) is 38.5 Å². The Hall–Kier alpha value is -1.06. The van der Waals surface area contributed by atoms with Crippen LogP contribution in [0.4, 0.5) is 5.69 Å². The second-order valence-electron chi connectivity index (χ2n) is 4.51. The number of aryl methyl sites for hydroxylation is 1. The highest BCUT2D eigenvalue weighted by molar-refractivity contribution is 5.48. The Morgan fingerprint density at radius 1 is 1.25 bits per heavy atom. The lowest BCUT2D eigenvalue weighted by Crippen LogP contribution is -2.35. The van der Waals surface area contributed by atoms with Gasteiger partial charge in [-0.2, -0.15) is 0 Å². The molecule has 3 nitrogen and oxygen atoms in total. The van der Waals surface area contributed by atoms with Crippen LogP contribution in [-0.4, -0.2) is 31.2 Å². The average Bonchev–Trinajstić information content (AvgIpc) is 2.27. The van der Waals surface area contributed by atoms with Crippen molar-refractivity contribution < 1.29 is 4.74 Å². The molecule has 0 amide bonds. The van der Waals surface area contributed by atoms with Crippen molar-refractivity contribution in [1.82, 2.24) is 4.90 Å². The largest absolute Gasteiger partial charge is 0.399 e. The molecule has 1 aliphatic heterocycles.